The third-order valence-corrected chi connectivity index (χ3v) is 4.20. The Bertz CT molecular complexity index is 891. The van der Waals surface area contributed by atoms with Gasteiger partial charge < -0.3 is 19.9 Å². The molecule has 128 valence electrons. The van der Waals surface area contributed by atoms with Crippen LogP contribution in [0.15, 0.2) is 40.9 Å². The summed E-state index contributed by atoms with van der Waals surface area (Å²) >= 11 is 3.23. The average Bonchev–Trinajstić information content (AvgIpc) is 2.61. The van der Waals surface area contributed by atoms with Gasteiger partial charge in [0.05, 0.1) is 17.3 Å². The molecule has 2 aromatic rings. The number of halogens is 1. The van der Waals surface area contributed by atoms with Gasteiger partial charge in [-0.3, -0.25) is 9.59 Å². The molecular weight excluding hydrogens is 390 g/mol. The summed E-state index contributed by atoms with van der Waals surface area (Å²) in [6.45, 7) is -0.0300. The quantitative estimate of drug-likeness (QED) is 0.603. The van der Waals surface area contributed by atoms with Crippen molar-refractivity contribution in [1.82, 2.24) is 0 Å². The van der Waals surface area contributed by atoms with E-state index in [2.05, 4.69) is 21.2 Å². The van der Waals surface area contributed by atoms with Gasteiger partial charge in [-0.25, -0.2) is 0 Å². The molecule has 0 atom stereocenters. The van der Waals surface area contributed by atoms with Crippen LogP contribution in [0, 0.1) is 0 Å². The largest absolute Gasteiger partial charge is 0.503 e. The highest BCUT2D eigenvalue weighted by Gasteiger charge is 2.17. The minimum absolute atomic E-state index is 0.00333. The van der Waals surface area contributed by atoms with E-state index in [1.165, 1.54) is 13.2 Å². The number of anilines is 1. The van der Waals surface area contributed by atoms with E-state index >= 15 is 0 Å². The van der Waals surface area contributed by atoms with Crippen LogP contribution in [0.4, 0.5) is 5.69 Å². The van der Waals surface area contributed by atoms with Crippen molar-refractivity contribution in [3.63, 3.8) is 0 Å². The number of rotatable bonds is 4. The molecule has 0 aromatic heterocycles. The Morgan fingerprint density at radius 1 is 1.36 bits per heavy atom. The van der Waals surface area contributed by atoms with E-state index in [1.54, 1.807) is 36.4 Å². The maximum atomic E-state index is 12.4. The van der Waals surface area contributed by atoms with E-state index in [0.29, 0.717) is 32.8 Å². The summed E-state index contributed by atoms with van der Waals surface area (Å²) in [5, 5.41) is 12.5. The maximum absolute atomic E-state index is 12.4. The number of nitrogens with one attached hydrogen (secondary N) is 1. The second kappa shape index (κ2) is 6.98. The summed E-state index contributed by atoms with van der Waals surface area (Å²) in [7, 11) is 1.45. The number of allylic oxidation sites excluding steroid dienone is 1. The Labute approximate surface area is 152 Å². The first-order valence-electron chi connectivity index (χ1n) is 7.33. The van der Waals surface area contributed by atoms with E-state index < -0.39 is 0 Å². The smallest absolute Gasteiger partial charge is 0.262 e. The highest BCUT2D eigenvalue weighted by Crippen LogP contribution is 2.35. The zero-order valence-corrected chi connectivity index (χ0v) is 14.8. The number of amides is 1. The Kier molecular flexibility index (Phi) is 4.76. The average molecular weight is 404 g/mol. The first-order valence-corrected chi connectivity index (χ1v) is 8.13. The van der Waals surface area contributed by atoms with Crippen LogP contribution in [0.1, 0.15) is 15.9 Å². The minimum Gasteiger partial charge on any atom is -0.503 e. The van der Waals surface area contributed by atoms with Gasteiger partial charge in [-0.15, -0.1) is 0 Å². The molecule has 7 heteroatoms. The summed E-state index contributed by atoms with van der Waals surface area (Å²) in [5.74, 6) is 0.346. The van der Waals surface area contributed by atoms with Crippen molar-refractivity contribution < 1.29 is 24.2 Å². The van der Waals surface area contributed by atoms with Crippen LogP contribution in [-0.2, 0) is 4.79 Å². The summed E-state index contributed by atoms with van der Waals surface area (Å²) < 4.78 is 10.8. The van der Waals surface area contributed by atoms with Crippen LogP contribution in [0.5, 0.6) is 17.2 Å². The zero-order valence-electron chi connectivity index (χ0n) is 13.2. The number of hydrogen-bond donors (Lipinski definition) is 2. The molecule has 6 nitrogen and oxygen atoms in total. The van der Waals surface area contributed by atoms with Crippen molar-refractivity contribution in [2.45, 2.75) is 0 Å². The summed E-state index contributed by atoms with van der Waals surface area (Å²) in [6, 6.07) is 8.14. The van der Waals surface area contributed by atoms with Crippen molar-refractivity contribution in [2.24, 2.45) is 0 Å². The third kappa shape index (κ3) is 3.66. The fourth-order valence-electron chi connectivity index (χ4n) is 2.35. The molecule has 25 heavy (non-hydrogen) atoms. The first kappa shape index (κ1) is 17.0. The lowest BCUT2D eigenvalue weighted by molar-refractivity contribution is -0.118. The van der Waals surface area contributed by atoms with Gasteiger partial charge in [-0.1, -0.05) is 6.08 Å². The highest BCUT2D eigenvalue weighted by molar-refractivity contribution is 9.10. The van der Waals surface area contributed by atoms with E-state index in [0.717, 1.165) is 0 Å². The van der Waals surface area contributed by atoms with Gasteiger partial charge in [-0.05, 0) is 57.9 Å². The van der Waals surface area contributed by atoms with Crippen LogP contribution in [0.3, 0.4) is 0 Å². The number of methoxy groups -OCH3 is 1. The van der Waals surface area contributed by atoms with Gasteiger partial charge in [0.1, 0.15) is 5.75 Å². The fourth-order valence-corrected chi connectivity index (χ4v) is 2.81. The van der Waals surface area contributed by atoms with E-state index in [4.69, 9.17) is 9.47 Å². The van der Waals surface area contributed by atoms with Gasteiger partial charge in [-0.2, -0.15) is 0 Å². The first-order chi connectivity index (χ1) is 12.0. The normalized spacial score (nSPS) is 13.1. The molecule has 2 aromatic carbocycles. The second-order valence-corrected chi connectivity index (χ2v) is 6.15. The number of hydrogen-bond acceptors (Lipinski definition) is 5. The predicted octanol–water partition coefficient (Wildman–Crippen LogP) is 3.39. The summed E-state index contributed by atoms with van der Waals surface area (Å²) in [6.07, 6.45) is 3.02. The lowest BCUT2D eigenvalue weighted by Crippen LogP contribution is -2.25. The number of carbonyl (C=O) groups excluding carboxylic acids is 2. The van der Waals surface area contributed by atoms with E-state index in [9.17, 15) is 14.7 Å². The lowest BCUT2D eigenvalue weighted by atomic mass is 10.1. The molecule has 0 aliphatic carbocycles. The molecule has 1 aliphatic heterocycles. The van der Waals surface area contributed by atoms with Gasteiger partial charge in [0.2, 0.25) is 0 Å². The molecule has 0 fully saturated rings. The van der Waals surface area contributed by atoms with Crippen molar-refractivity contribution >= 4 is 39.4 Å². The van der Waals surface area contributed by atoms with Gasteiger partial charge in [0.15, 0.2) is 23.9 Å². The van der Waals surface area contributed by atoms with Crippen molar-refractivity contribution in [1.29, 1.82) is 0 Å². The van der Waals surface area contributed by atoms with Crippen molar-refractivity contribution in [2.75, 3.05) is 19.0 Å². The molecule has 1 aliphatic rings. The molecule has 0 unspecified atom stereocenters. The Morgan fingerprint density at radius 2 is 2.16 bits per heavy atom. The van der Waals surface area contributed by atoms with Crippen LogP contribution >= 0.6 is 15.9 Å². The third-order valence-electron chi connectivity index (χ3n) is 3.59. The maximum Gasteiger partial charge on any atom is 0.262 e. The Morgan fingerprint density at radius 3 is 2.92 bits per heavy atom. The molecule has 3 rings (SSSR count). The SMILES string of the molecule is COc1cc(/C=C\C(=O)c2ccc3c(c2)NC(=O)CO3)cc(Br)c1O. The topological polar surface area (TPSA) is 84.9 Å². The standard InChI is InChI=1S/C18H14BrNO5/c1-24-16-7-10(6-12(19)18(16)23)2-4-14(21)11-3-5-15-13(8-11)20-17(22)9-25-15/h2-8,23H,9H2,1H3,(H,20,22)/b4-2-. The van der Waals surface area contributed by atoms with Crippen LogP contribution in [-0.4, -0.2) is 30.5 Å². The monoisotopic (exact) mass is 403 g/mol. The van der Waals surface area contributed by atoms with Gasteiger partial charge in [0, 0.05) is 5.56 Å². The molecule has 0 spiro atoms. The van der Waals surface area contributed by atoms with Crippen LogP contribution in [0.2, 0.25) is 0 Å². The zero-order chi connectivity index (χ0) is 18.0. The number of fused-ring (bicyclic) bond motifs is 1. The molecule has 1 heterocycles. The van der Waals surface area contributed by atoms with Gasteiger partial charge >= 0.3 is 0 Å². The number of benzene rings is 2. The molecule has 2 N–H and O–H groups in total. The van der Waals surface area contributed by atoms with Crippen molar-refractivity contribution in [3.05, 3.63) is 52.0 Å². The Hall–Kier alpha value is -2.80. The molecule has 1 amide bonds. The molecule has 0 radical (unpaired) electrons. The summed E-state index contributed by atoms with van der Waals surface area (Å²) in [5.41, 5.74) is 1.58. The predicted molar refractivity (Wildman–Crippen MR) is 96.3 cm³/mol. The molecule has 0 saturated heterocycles. The number of aromatic hydroxyl groups is 1. The number of carbonyl (C=O) groups is 2. The van der Waals surface area contributed by atoms with Gasteiger partial charge in [0.25, 0.3) is 5.91 Å². The fraction of sp³-hybridized carbons (Fsp3) is 0.111. The van der Waals surface area contributed by atoms with E-state index in [1.807, 2.05) is 0 Å². The van der Waals surface area contributed by atoms with E-state index in [-0.39, 0.29) is 24.0 Å². The highest BCUT2D eigenvalue weighted by atomic mass is 79.9. The van der Waals surface area contributed by atoms with Crippen molar-refractivity contribution in [3.8, 4) is 17.2 Å². The summed E-state index contributed by atoms with van der Waals surface area (Å²) in [4.78, 5) is 23.7. The number of ketones is 1. The second-order valence-electron chi connectivity index (χ2n) is 5.30. The minimum atomic E-state index is -0.256. The number of phenols is 1. The molecule has 0 saturated carbocycles. The number of phenolic OH excluding ortho intramolecular Hbond substituents is 1. The number of ether oxygens (including phenoxy) is 2. The van der Waals surface area contributed by atoms with Crippen LogP contribution < -0.4 is 14.8 Å². The lowest BCUT2D eigenvalue weighted by Gasteiger charge is -2.17. The molecular formula is C18H14BrNO5. The Balaban J connectivity index is 1.83. The van der Waals surface area contributed by atoms with Crippen LogP contribution in [0.25, 0.3) is 6.08 Å². The molecule has 0 bridgehead atoms.